The molecule has 0 aromatic carbocycles. The first-order valence-corrected chi connectivity index (χ1v) is 7.39. The van der Waals surface area contributed by atoms with Gasteiger partial charge in [0.25, 0.3) is 5.88 Å². The number of hydrogen-bond donors (Lipinski definition) is 2. The van der Waals surface area contributed by atoms with Crippen LogP contribution in [0.4, 0.5) is 0 Å². The summed E-state index contributed by atoms with van der Waals surface area (Å²) in [5.41, 5.74) is 4.30. The summed E-state index contributed by atoms with van der Waals surface area (Å²) in [5.74, 6) is 1.03. The van der Waals surface area contributed by atoms with Crippen molar-refractivity contribution in [2.24, 2.45) is 0 Å². The third-order valence-corrected chi connectivity index (χ3v) is 4.21. The first-order chi connectivity index (χ1) is 11.2. The highest BCUT2D eigenvalue weighted by Gasteiger charge is 2.17. The minimum absolute atomic E-state index is 0.445. The van der Waals surface area contributed by atoms with Gasteiger partial charge in [0.1, 0.15) is 11.2 Å². The smallest absolute Gasteiger partial charge is 0.257 e. The lowest BCUT2D eigenvalue weighted by atomic mass is 10.2. The van der Waals surface area contributed by atoms with Crippen LogP contribution in [0.2, 0.25) is 0 Å². The van der Waals surface area contributed by atoms with E-state index in [2.05, 4.69) is 27.8 Å². The molecule has 1 N–H and O–H groups in total. The maximum Gasteiger partial charge on any atom is 0.257 e. The topological polar surface area (TPSA) is 65.0 Å². The van der Waals surface area contributed by atoms with Gasteiger partial charge in [0.2, 0.25) is 0 Å². The van der Waals surface area contributed by atoms with E-state index in [1.54, 1.807) is 24.4 Å². The largest absolute Gasteiger partial charge is 0.491 e. The van der Waals surface area contributed by atoms with Crippen molar-refractivity contribution in [2.75, 3.05) is 14.2 Å². The number of ether oxygens (including phenoxy) is 2. The third kappa shape index (κ3) is 2.04. The van der Waals surface area contributed by atoms with Crippen LogP contribution in [0.5, 0.6) is 11.6 Å². The Morgan fingerprint density at radius 2 is 2.09 bits per heavy atom. The first-order valence-electron chi connectivity index (χ1n) is 6.99. The molecular weight excluding hydrogens is 312 g/mol. The molecule has 0 amide bonds. The first kappa shape index (κ1) is 14.0. The average molecular weight is 326 g/mol. The van der Waals surface area contributed by atoms with E-state index in [-0.39, 0.29) is 0 Å². The molecular formula is C16H14N4O2S. The lowest BCUT2D eigenvalue weighted by Crippen LogP contribution is -1.94. The molecule has 116 valence electrons. The van der Waals surface area contributed by atoms with Gasteiger partial charge in [-0.2, -0.15) is 0 Å². The Balaban J connectivity index is 1.99. The van der Waals surface area contributed by atoms with E-state index in [4.69, 9.17) is 9.47 Å². The number of nitrogens with zero attached hydrogens (tertiary/aromatic N) is 3. The van der Waals surface area contributed by atoms with E-state index in [9.17, 15) is 0 Å². The predicted octanol–water partition coefficient (Wildman–Crippen LogP) is 3.29. The van der Waals surface area contributed by atoms with Gasteiger partial charge in [0, 0.05) is 29.4 Å². The summed E-state index contributed by atoms with van der Waals surface area (Å²) in [4.78, 5) is 12.1. The van der Waals surface area contributed by atoms with E-state index in [1.807, 2.05) is 30.5 Å². The molecule has 0 aliphatic heterocycles. The highest BCUT2D eigenvalue weighted by Crippen LogP contribution is 2.36. The Bertz CT molecular complexity index is 1020. The highest BCUT2D eigenvalue weighted by molar-refractivity contribution is 7.78. The summed E-state index contributed by atoms with van der Waals surface area (Å²) >= 11 is 4.57. The van der Waals surface area contributed by atoms with Crippen LogP contribution in [0.25, 0.3) is 33.3 Å². The van der Waals surface area contributed by atoms with Crippen LogP contribution in [-0.4, -0.2) is 33.1 Å². The van der Waals surface area contributed by atoms with Crippen LogP contribution in [0.15, 0.2) is 36.7 Å². The molecule has 0 bridgehead atoms. The van der Waals surface area contributed by atoms with Gasteiger partial charge in [-0.25, -0.2) is 9.97 Å². The average Bonchev–Trinajstić information content (AvgIpc) is 3.14. The number of hydrogen-bond acceptors (Lipinski definition) is 5. The maximum absolute atomic E-state index is 5.31. The van der Waals surface area contributed by atoms with Crippen LogP contribution < -0.4 is 9.47 Å². The quantitative estimate of drug-likeness (QED) is 0.567. The van der Waals surface area contributed by atoms with Gasteiger partial charge in [-0.15, -0.1) is 0 Å². The van der Waals surface area contributed by atoms with Crippen LogP contribution in [-0.2, 0) is 0 Å². The number of nitrogens with one attached hydrogen (secondary N) is 1. The number of thiol groups is 1. The SMILES string of the molecule is COc1cc2[nH]cc(-c3cc4cccnc4n3S)c2nc1OC. The van der Waals surface area contributed by atoms with Gasteiger partial charge >= 0.3 is 0 Å². The third-order valence-electron chi connectivity index (χ3n) is 3.81. The van der Waals surface area contributed by atoms with Gasteiger partial charge in [0.15, 0.2) is 5.75 Å². The van der Waals surface area contributed by atoms with Crippen molar-refractivity contribution in [1.29, 1.82) is 0 Å². The molecule has 6 nitrogen and oxygen atoms in total. The summed E-state index contributed by atoms with van der Waals surface area (Å²) in [6.45, 7) is 0. The zero-order chi connectivity index (χ0) is 16.0. The second-order valence-corrected chi connectivity index (χ2v) is 5.46. The molecule has 0 fully saturated rings. The summed E-state index contributed by atoms with van der Waals surface area (Å²) in [6.07, 6.45) is 3.65. The minimum Gasteiger partial charge on any atom is -0.491 e. The molecule has 0 saturated carbocycles. The zero-order valence-corrected chi connectivity index (χ0v) is 13.5. The number of aromatic nitrogens is 4. The summed E-state index contributed by atoms with van der Waals surface area (Å²) in [6, 6.07) is 7.82. The standard InChI is InChI=1S/C16H14N4O2S/c1-21-13-7-11-14(19-16(13)22-2)10(8-18-11)12-6-9-4-3-5-17-15(9)20(12)23/h3-8,18,23H,1-2H3. The molecule has 0 unspecified atom stereocenters. The Morgan fingerprint density at radius 3 is 2.83 bits per heavy atom. The second-order valence-electron chi connectivity index (χ2n) is 5.06. The summed E-state index contributed by atoms with van der Waals surface area (Å²) < 4.78 is 12.4. The highest BCUT2D eigenvalue weighted by atomic mass is 32.1. The fourth-order valence-electron chi connectivity index (χ4n) is 2.71. The van der Waals surface area contributed by atoms with Crippen molar-refractivity contribution in [3.8, 4) is 22.9 Å². The summed E-state index contributed by atoms with van der Waals surface area (Å²) in [7, 11) is 3.16. The molecule has 4 rings (SSSR count). The Hall–Kier alpha value is -2.67. The van der Waals surface area contributed by atoms with Crippen LogP contribution in [0.1, 0.15) is 0 Å². The van der Waals surface area contributed by atoms with Crippen molar-refractivity contribution in [3.63, 3.8) is 0 Å². The van der Waals surface area contributed by atoms with Gasteiger partial charge in [-0.3, -0.25) is 3.97 Å². The van der Waals surface area contributed by atoms with E-state index >= 15 is 0 Å². The van der Waals surface area contributed by atoms with Crippen molar-refractivity contribution in [3.05, 3.63) is 36.7 Å². The molecule has 7 heteroatoms. The normalized spacial score (nSPS) is 11.3. The molecule has 23 heavy (non-hydrogen) atoms. The molecule has 4 aromatic heterocycles. The molecule has 0 atom stereocenters. The number of aromatic amines is 1. The van der Waals surface area contributed by atoms with Gasteiger partial charge in [0.05, 0.1) is 25.4 Å². The van der Waals surface area contributed by atoms with Crippen molar-refractivity contribution in [2.45, 2.75) is 0 Å². The molecule has 0 saturated heterocycles. The van der Waals surface area contributed by atoms with E-state index in [0.717, 1.165) is 33.3 Å². The predicted molar refractivity (Wildman–Crippen MR) is 92.3 cm³/mol. The summed E-state index contributed by atoms with van der Waals surface area (Å²) in [5, 5.41) is 1.02. The molecule has 4 aromatic rings. The van der Waals surface area contributed by atoms with Crippen molar-refractivity contribution < 1.29 is 9.47 Å². The Kier molecular flexibility index (Phi) is 3.16. The van der Waals surface area contributed by atoms with E-state index in [1.165, 1.54) is 0 Å². The fraction of sp³-hybridized carbons (Fsp3) is 0.125. The van der Waals surface area contributed by atoms with E-state index < -0.39 is 0 Å². The molecule has 0 radical (unpaired) electrons. The zero-order valence-electron chi connectivity index (χ0n) is 12.6. The van der Waals surface area contributed by atoms with Crippen LogP contribution in [0.3, 0.4) is 0 Å². The number of rotatable bonds is 3. The number of fused-ring (bicyclic) bond motifs is 2. The molecule has 0 spiro atoms. The number of pyridine rings is 2. The monoisotopic (exact) mass is 326 g/mol. The van der Waals surface area contributed by atoms with E-state index in [0.29, 0.717) is 11.6 Å². The van der Waals surface area contributed by atoms with Crippen LogP contribution in [0, 0.1) is 0 Å². The number of H-pyrrole nitrogens is 1. The lowest BCUT2D eigenvalue weighted by molar-refractivity contribution is 0.344. The van der Waals surface area contributed by atoms with Gasteiger partial charge in [-0.1, -0.05) is 12.8 Å². The second kappa shape index (κ2) is 5.20. The maximum atomic E-state index is 5.31. The molecule has 4 heterocycles. The molecule has 0 aliphatic carbocycles. The van der Waals surface area contributed by atoms with Crippen LogP contribution >= 0.6 is 12.8 Å². The van der Waals surface area contributed by atoms with Gasteiger partial charge in [-0.05, 0) is 18.2 Å². The Labute approximate surface area is 137 Å². The van der Waals surface area contributed by atoms with Crippen molar-refractivity contribution in [1.82, 2.24) is 18.9 Å². The van der Waals surface area contributed by atoms with Crippen molar-refractivity contribution >= 4 is 34.9 Å². The fourth-order valence-corrected chi connectivity index (χ4v) is 3.05. The number of methoxy groups -OCH3 is 2. The lowest BCUT2D eigenvalue weighted by Gasteiger charge is -2.07. The van der Waals surface area contributed by atoms with Gasteiger partial charge < -0.3 is 14.5 Å². The Morgan fingerprint density at radius 1 is 1.22 bits per heavy atom. The minimum atomic E-state index is 0.445. The molecule has 0 aliphatic rings.